The van der Waals surface area contributed by atoms with Crippen LogP contribution in [-0.4, -0.2) is 72.0 Å². The van der Waals surface area contributed by atoms with Crippen LogP contribution in [0.25, 0.3) is 11.3 Å². The van der Waals surface area contributed by atoms with E-state index >= 15 is 0 Å². The summed E-state index contributed by atoms with van der Waals surface area (Å²) in [5, 5.41) is 2.68. The van der Waals surface area contributed by atoms with Gasteiger partial charge in [-0.05, 0) is 64.1 Å². The molecule has 4 rings (SSSR count). The zero-order valence-electron chi connectivity index (χ0n) is 23.6. The summed E-state index contributed by atoms with van der Waals surface area (Å²) in [7, 11) is 2.42. The number of benzene rings is 1. The molecular weight excluding hydrogens is 487 g/mol. The number of carbonyl (C=O) groups excluding carboxylic acids is 2. The van der Waals surface area contributed by atoms with E-state index in [1.165, 1.54) is 7.11 Å². The molecule has 0 radical (unpaired) electrons. The van der Waals surface area contributed by atoms with Crippen molar-refractivity contribution in [2.45, 2.75) is 77.7 Å². The molecule has 3 heterocycles. The van der Waals surface area contributed by atoms with Gasteiger partial charge in [0.2, 0.25) is 5.91 Å². The van der Waals surface area contributed by atoms with Gasteiger partial charge in [-0.15, -0.1) is 0 Å². The molecule has 206 valence electrons. The standard InChI is InChI=1S/C27H39BN4O6/c1-16(2)22(31-25(34)36-8)24(33)32-13-9-10-20(32)23-29-15-19(30-23)18-12-11-17(14-21(18)35-7)28-37-26(3,4)27(5,6)38-28/h11-12,14-16,20,22H,9-10,13H2,1-8H3,(H,29,30)(H,31,34)/t20-,22?/m0/s1. The molecule has 2 fully saturated rings. The Bertz CT molecular complexity index is 1160. The third kappa shape index (κ3) is 5.26. The topological polar surface area (TPSA) is 115 Å². The van der Waals surface area contributed by atoms with Gasteiger partial charge in [-0.2, -0.15) is 0 Å². The first kappa shape index (κ1) is 28.0. The number of aromatic nitrogens is 2. The van der Waals surface area contributed by atoms with Gasteiger partial charge in [0.25, 0.3) is 0 Å². The predicted molar refractivity (Wildman–Crippen MR) is 144 cm³/mol. The maximum absolute atomic E-state index is 13.4. The summed E-state index contributed by atoms with van der Waals surface area (Å²) in [5.74, 6) is 1.12. The monoisotopic (exact) mass is 526 g/mol. The fraction of sp³-hybridized carbons (Fsp3) is 0.593. The lowest BCUT2D eigenvalue weighted by Crippen LogP contribution is -2.51. The maximum Gasteiger partial charge on any atom is 0.494 e. The number of rotatable bonds is 7. The molecule has 0 bridgehead atoms. The largest absolute Gasteiger partial charge is 0.496 e. The van der Waals surface area contributed by atoms with Crippen molar-refractivity contribution in [3.63, 3.8) is 0 Å². The maximum atomic E-state index is 13.4. The minimum Gasteiger partial charge on any atom is -0.496 e. The van der Waals surface area contributed by atoms with E-state index in [-0.39, 0.29) is 17.9 Å². The van der Waals surface area contributed by atoms with E-state index in [1.807, 2.05) is 59.7 Å². The van der Waals surface area contributed by atoms with Crippen LogP contribution < -0.4 is 15.5 Å². The lowest BCUT2D eigenvalue weighted by Gasteiger charge is -2.32. The molecule has 2 aliphatic rings. The average molecular weight is 526 g/mol. The van der Waals surface area contributed by atoms with Crippen molar-refractivity contribution >= 4 is 24.6 Å². The van der Waals surface area contributed by atoms with E-state index in [0.29, 0.717) is 18.1 Å². The van der Waals surface area contributed by atoms with Crippen molar-refractivity contribution < 1.29 is 28.4 Å². The number of H-pyrrole nitrogens is 1. The van der Waals surface area contributed by atoms with Crippen LogP contribution in [-0.2, 0) is 18.8 Å². The third-order valence-corrected chi connectivity index (χ3v) is 7.88. The van der Waals surface area contributed by atoms with Crippen LogP contribution in [0.4, 0.5) is 4.79 Å². The van der Waals surface area contributed by atoms with Crippen LogP contribution in [0.1, 0.15) is 66.3 Å². The number of amides is 2. The Morgan fingerprint density at radius 1 is 1.18 bits per heavy atom. The second-order valence-electron chi connectivity index (χ2n) is 11.3. The molecule has 2 amide bonds. The Labute approximate surface area is 224 Å². The summed E-state index contributed by atoms with van der Waals surface area (Å²) in [4.78, 5) is 35.1. The number of hydrogen-bond donors (Lipinski definition) is 2. The molecule has 0 spiro atoms. The number of alkyl carbamates (subject to hydrolysis) is 1. The van der Waals surface area contributed by atoms with Crippen molar-refractivity contribution in [2.75, 3.05) is 20.8 Å². The molecule has 38 heavy (non-hydrogen) atoms. The summed E-state index contributed by atoms with van der Waals surface area (Å²) in [5.41, 5.74) is 1.62. The molecule has 1 aromatic carbocycles. The van der Waals surface area contributed by atoms with Gasteiger partial charge in [0.05, 0.1) is 43.4 Å². The number of methoxy groups -OCH3 is 2. The summed E-state index contributed by atoms with van der Waals surface area (Å²) < 4.78 is 22.8. The van der Waals surface area contributed by atoms with Gasteiger partial charge in [0.1, 0.15) is 17.6 Å². The molecule has 1 aromatic heterocycles. The van der Waals surface area contributed by atoms with Crippen molar-refractivity contribution in [1.82, 2.24) is 20.2 Å². The average Bonchev–Trinajstić information content (AvgIpc) is 3.59. The van der Waals surface area contributed by atoms with Gasteiger partial charge in [0, 0.05) is 12.1 Å². The minimum atomic E-state index is -0.680. The smallest absolute Gasteiger partial charge is 0.494 e. The SMILES string of the molecule is COC(=O)NC(C(=O)N1CCC[C@H]1c1ncc(-c2ccc(B3OC(C)(C)C(C)(C)O3)cc2OC)[nH]1)C(C)C. The molecule has 2 aromatic rings. The third-order valence-electron chi connectivity index (χ3n) is 7.88. The van der Waals surface area contributed by atoms with Gasteiger partial charge >= 0.3 is 13.2 Å². The number of likely N-dealkylation sites (tertiary alicyclic amines) is 1. The Balaban J connectivity index is 1.56. The lowest BCUT2D eigenvalue weighted by atomic mass is 9.78. The zero-order chi connectivity index (χ0) is 27.8. The lowest BCUT2D eigenvalue weighted by molar-refractivity contribution is -0.135. The highest BCUT2D eigenvalue weighted by Crippen LogP contribution is 2.38. The molecule has 10 nitrogen and oxygen atoms in total. The summed E-state index contributed by atoms with van der Waals surface area (Å²) in [6, 6.07) is 4.96. The highest BCUT2D eigenvalue weighted by Gasteiger charge is 2.51. The number of imidazole rings is 1. The molecule has 2 atom stereocenters. The van der Waals surface area contributed by atoms with Crippen molar-refractivity contribution in [3.05, 3.63) is 30.2 Å². The van der Waals surface area contributed by atoms with E-state index in [9.17, 15) is 9.59 Å². The minimum absolute atomic E-state index is 0.0956. The first-order valence-electron chi connectivity index (χ1n) is 13.1. The summed E-state index contributed by atoms with van der Waals surface area (Å²) in [6.45, 7) is 12.5. The number of hydrogen-bond acceptors (Lipinski definition) is 7. The van der Waals surface area contributed by atoms with Gasteiger partial charge in [-0.1, -0.05) is 19.9 Å². The molecule has 0 aliphatic carbocycles. The number of aromatic amines is 1. The number of ether oxygens (including phenoxy) is 2. The molecule has 0 saturated carbocycles. The normalized spacial score (nSPS) is 21.0. The molecule has 2 saturated heterocycles. The van der Waals surface area contributed by atoms with Crippen LogP contribution >= 0.6 is 0 Å². The van der Waals surface area contributed by atoms with Gasteiger partial charge in [0.15, 0.2) is 0 Å². The first-order chi connectivity index (χ1) is 17.9. The summed E-state index contributed by atoms with van der Waals surface area (Å²) in [6.07, 6.45) is 2.76. The number of nitrogens with zero attached hydrogens (tertiary/aromatic N) is 2. The molecule has 11 heteroatoms. The van der Waals surface area contributed by atoms with E-state index in [4.69, 9.17) is 18.8 Å². The van der Waals surface area contributed by atoms with Crippen LogP contribution in [0.5, 0.6) is 5.75 Å². The van der Waals surface area contributed by atoms with Gasteiger partial charge in [-0.3, -0.25) is 4.79 Å². The second kappa shape index (κ2) is 10.6. The Morgan fingerprint density at radius 3 is 2.47 bits per heavy atom. The van der Waals surface area contributed by atoms with E-state index in [0.717, 1.165) is 29.6 Å². The highest BCUT2D eigenvalue weighted by atomic mass is 16.7. The molecular formula is C27H39BN4O6. The zero-order valence-corrected chi connectivity index (χ0v) is 23.6. The van der Waals surface area contributed by atoms with Crippen LogP contribution in [0, 0.1) is 5.92 Å². The van der Waals surface area contributed by atoms with Crippen molar-refractivity contribution in [1.29, 1.82) is 0 Å². The molecule has 1 unspecified atom stereocenters. The van der Waals surface area contributed by atoms with Gasteiger partial charge in [-0.25, -0.2) is 9.78 Å². The fourth-order valence-electron chi connectivity index (χ4n) is 4.89. The summed E-state index contributed by atoms with van der Waals surface area (Å²) >= 11 is 0. The highest BCUT2D eigenvalue weighted by molar-refractivity contribution is 6.62. The van der Waals surface area contributed by atoms with E-state index in [2.05, 4.69) is 15.3 Å². The fourth-order valence-corrected chi connectivity index (χ4v) is 4.89. The Kier molecular flexibility index (Phi) is 7.81. The van der Waals surface area contributed by atoms with Crippen molar-refractivity contribution in [3.8, 4) is 17.0 Å². The molecule has 2 N–H and O–H groups in total. The van der Waals surface area contributed by atoms with Gasteiger partial charge < -0.3 is 34.0 Å². The van der Waals surface area contributed by atoms with Crippen LogP contribution in [0.3, 0.4) is 0 Å². The first-order valence-corrected chi connectivity index (χ1v) is 13.1. The van der Waals surface area contributed by atoms with Crippen LogP contribution in [0.15, 0.2) is 24.4 Å². The van der Waals surface area contributed by atoms with E-state index < -0.39 is 30.5 Å². The van der Waals surface area contributed by atoms with Crippen molar-refractivity contribution in [2.24, 2.45) is 5.92 Å². The molecule has 2 aliphatic heterocycles. The predicted octanol–water partition coefficient (Wildman–Crippen LogP) is 3.43. The quantitative estimate of drug-likeness (QED) is 0.532. The van der Waals surface area contributed by atoms with E-state index in [1.54, 1.807) is 18.2 Å². The Hall–Kier alpha value is -3.05. The second-order valence-corrected chi connectivity index (χ2v) is 11.3. The Morgan fingerprint density at radius 2 is 1.87 bits per heavy atom. The van der Waals surface area contributed by atoms with Crippen LogP contribution in [0.2, 0.25) is 0 Å². The number of carbonyl (C=O) groups is 2. The number of nitrogens with one attached hydrogen (secondary N) is 2.